The van der Waals surface area contributed by atoms with Crippen LogP contribution in [0.3, 0.4) is 0 Å². The van der Waals surface area contributed by atoms with Crippen LogP contribution in [0.5, 0.6) is 11.5 Å². The number of benzene rings is 3. The molecule has 0 spiro atoms. The van der Waals surface area contributed by atoms with Crippen molar-refractivity contribution in [1.82, 2.24) is 5.32 Å². The number of methoxy groups -OCH3 is 1. The Morgan fingerprint density at radius 1 is 1.03 bits per heavy atom. The van der Waals surface area contributed by atoms with Crippen LogP contribution in [0.1, 0.15) is 22.3 Å². The van der Waals surface area contributed by atoms with Crippen molar-refractivity contribution in [2.45, 2.75) is 25.2 Å². The van der Waals surface area contributed by atoms with E-state index in [0.717, 1.165) is 16.7 Å². The number of hydrogen-bond acceptors (Lipinski definition) is 6. The normalized spacial score (nSPS) is 16.8. The van der Waals surface area contributed by atoms with Gasteiger partial charge in [-0.2, -0.15) is 5.10 Å². The number of amidine groups is 1. The van der Waals surface area contributed by atoms with E-state index >= 15 is 0 Å². The quantitative estimate of drug-likeness (QED) is 0.390. The molecule has 4 rings (SSSR count). The molecule has 7 heteroatoms. The van der Waals surface area contributed by atoms with E-state index in [0.29, 0.717) is 29.7 Å². The maximum absolute atomic E-state index is 12.3. The largest absolute Gasteiger partial charge is 0.493 e. The first-order valence-electron chi connectivity index (χ1n) is 10.6. The fraction of sp³-hybridized carbons (Fsp3) is 0.192. The van der Waals surface area contributed by atoms with Crippen LogP contribution in [0, 0.1) is 6.92 Å². The van der Waals surface area contributed by atoms with Gasteiger partial charge in [0.1, 0.15) is 6.61 Å². The minimum absolute atomic E-state index is 0.0428. The molecular weight excluding hydrogens is 434 g/mol. The summed E-state index contributed by atoms with van der Waals surface area (Å²) in [5.74, 6) is 1.23. The second-order valence-corrected chi connectivity index (χ2v) is 8.75. The SMILES string of the molecule is COc1cc(C=NN=C2NC(=O)C(Cc3ccccc3C)S2)ccc1OCc1ccccc1. The van der Waals surface area contributed by atoms with Crippen molar-refractivity contribution in [3.05, 3.63) is 95.1 Å². The number of thioether (sulfide) groups is 1. The Bertz CT molecular complexity index is 1180. The topological polar surface area (TPSA) is 72.3 Å². The summed E-state index contributed by atoms with van der Waals surface area (Å²) in [6.45, 7) is 2.51. The molecule has 1 heterocycles. The summed E-state index contributed by atoms with van der Waals surface area (Å²) in [6.07, 6.45) is 2.28. The van der Waals surface area contributed by atoms with Crippen molar-refractivity contribution in [1.29, 1.82) is 0 Å². The van der Waals surface area contributed by atoms with Gasteiger partial charge >= 0.3 is 0 Å². The number of amides is 1. The molecule has 1 N–H and O–H groups in total. The molecule has 0 aromatic heterocycles. The molecule has 1 aliphatic rings. The van der Waals surface area contributed by atoms with Gasteiger partial charge in [-0.1, -0.05) is 66.4 Å². The molecule has 0 aliphatic carbocycles. The highest BCUT2D eigenvalue weighted by Gasteiger charge is 2.30. The average Bonchev–Trinajstić information content (AvgIpc) is 3.19. The Morgan fingerprint density at radius 3 is 2.61 bits per heavy atom. The van der Waals surface area contributed by atoms with E-state index < -0.39 is 0 Å². The van der Waals surface area contributed by atoms with Crippen LogP contribution in [0.2, 0.25) is 0 Å². The number of rotatable bonds is 8. The first-order valence-corrected chi connectivity index (χ1v) is 11.5. The summed E-state index contributed by atoms with van der Waals surface area (Å²) in [5.41, 5.74) is 4.24. The number of nitrogens with one attached hydrogen (secondary N) is 1. The minimum Gasteiger partial charge on any atom is -0.493 e. The van der Waals surface area contributed by atoms with Crippen molar-refractivity contribution < 1.29 is 14.3 Å². The standard InChI is InChI=1S/C26H25N3O3S/c1-18-8-6-7-11-21(18)15-24-25(30)28-26(33-24)29-27-16-20-12-13-22(23(14-20)31-2)32-17-19-9-4-3-5-10-19/h3-14,16,24H,15,17H2,1-2H3,(H,28,29,30). The van der Waals surface area contributed by atoms with Gasteiger partial charge in [0.05, 0.1) is 18.6 Å². The van der Waals surface area contributed by atoms with E-state index in [-0.39, 0.29) is 11.2 Å². The Kier molecular flexibility index (Phi) is 7.42. The molecule has 1 fully saturated rings. The van der Waals surface area contributed by atoms with E-state index in [2.05, 4.69) is 34.6 Å². The lowest BCUT2D eigenvalue weighted by Gasteiger charge is -2.11. The first kappa shape index (κ1) is 22.6. The molecule has 1 saturated heterocycles. The van der Waals surface area contributed by atoms with Crippen LogP contribution >= 0.6 is 11.8 Å². The Morgan fingerprint density at radius 2 is 1.82 bits per heavy atom. The molecule has 1 atom stereocenters. The van der Waals surface area contributed by atoms with Crippen LogP contribution in [0.25, 0.3) is 0 Å². The number of ether oxygens (including phenoxy) is 2. The van der Waals surface area contributed by atoms with Gasteiger partial charge in [-0.25, -0.2) is 0 Å². The van der Waals surface area contributed by atoms with Crippen LogP contribution in [0.15, 0.2) is 83.0 Å². The average molecular weight is 460 g/mol. The molecule has 0 saturated carbocycles. The van der Waals surface area contributed by atoms with Gasteiger partial charge in [-0.15, -0.1) is 5.10 Å². The summed E-state index contributed by atoms with van der Waals surface area (Å²) in [7, 11) is 1.60. The summed E-state index contributed by atoms with van der Waals surface area (Å²) in [5, 5.41) is 11.4. The van der Waals surface area contributed by atoms with Crippen molar-refractivity contribution in [2.75, 3.05) is 7.11 Å². The number of carbonyl (C=O) groups is 1. The molecule has 0 bridgehead atoms. The summed E-state index contributed by atoms with van der Waals surface area (Å²) >= 11 is 1.40. The molecule has 1 amide bonds. The molecule has 3 aromatic rings. The van der Waals surface area contributed by atoms with E-state index in [1.165, 1.54) is 17.3 Å². The van der Waals surface area contributed by atoms with Crippen LogP contribution in [-0.4, -0.2) is 29.6 Å². The van der Waals surface area contributed by atoms with Gasteiger partial charge in [-0.05, 0) is 53.8 Å². The zero-order valence-corrected chi connectivity index (χ0v) is 19.3. The molecular formula is C26H25N3O3S. The van der Waals surface area contributed by atoms with Crippen LogP contribution < -0.4 is 14.8 Å². The Balaban J connectivity index is 1.37. The van der Waals surface area contributed by atoms with Crippen molar-refractivity contribution in [3.8, 4) is 11.5 Å². The second-order valence-electron chi connectivity index (χ2n) is 7.56. The molecule has 6 nitrogen and oxygen atoms in total. The maximum Gasteiger partial charge on any atom is 0.239 e. The third kappa shape index (κ3) is 6.02. The van der Waals surface area contributed by atoms with E-state index in [1.807, 2.05) is 60.7 Å². The highest BCUT2D eigenvalue weighted by atomic mass is 32.2. The molecule has 1 unspecified atom stereocenters. The minimum atomic E-state index is -0.207. The fourth-order valence-electron chi connectivity index (χ4n) is 3.39. The lowest BCUT2D eigenvalue weighted by molar-refractivity contribution is -0.118. The Hall–Kier alpha value is -3.58. The maximum atomic E-state index is 12.3. The van der Waals surface area contributed by atoms with E-state index in [9.17, 15) is 4.79 Å². The van der Waals surface area contributed by atoms with Gasteiger partial charge in [0.15, 0.2) is 16.7 Å². The molecule has 1 aliphatic heterocycles. The highest BCUT2D eigenvalue weighted by molar-refractivity contribution is 8.15. The predicted octanol–water partition coefficient (Wildman–Crippen LogP) is 4.75. The van der Waals surface area contributed by atoms with Gasteiger partial charge < -0.3 is 14.8 Å². The van der Waals surface area contributed by atoms with E-state index in [4.69, 9.17) is 9.47 Å². The van der Waals surface area contributed by atoms with Gasteiger partial charge in [0.2, 0.25) is 5.91 Å². The lowest BCUT2D eigenvalue weighted by Crippen LogP contribution is -2.26. The zero-order chi connectivity index (χ0) is 23.0. The first-order chi connectivity index (χ1) is 16.1. The highest BCUT2D eigenvalue weighted by Crippen LogP contribution is 2.28. The number of hydrogen-bond donors (Lipinski definition) is 1. The number of carbonyl (C=O) groups excluding carboxylic acids is 1. The van der Waals surface area contributed by atoms with Crippen LogP contribution in [0.4, 0.5) is 0 Å². The van der Waals surface area contributed by atoms with Gasteiger partial charge in [0.25, 0.3) is 0 Å². The fourth-order valence-corrected chi connectivity index (χ4v) is 4.34. The molecule has 33 heavy (non-hydrogen) atoms. The summed E-state index contributed by atoms with van der Waals surface area (Å²) in [6, 6.07) is 23.6. The third-order valence-electron chi connectivity index (χ3n) is 5.22. The lowest BCUT2D eigenvalue weighted by atomic mass is 10.0. The van der Waals surface area contributed by atoms with Crippen molar-refractivity contribution in [3.63, 3.8) is 0 Å². The monoisotopic (exact) mass is 459 g/mol. The van der Waals surface area contributed by atoms with Crippen molar-refractivity contribution >= 4 is 29.1 Å². The zero-order valence-electron chi connectivity index (χ0n) is 18.5. The number of nitrogens with zero attached hydrogens (tertiary/aromatic N) is 2. The smallest absolute Gasteiger partial charge is 0.239 e. The molecule has 3 aromatic carbocycles. The molecule has 0 radical (unpaired) electrons. The van der Waals surface area contributed by atoms with E-state index in [1.54, 1.807) is 13.3 Å². The summed E-state index contributed by atoms with van der Waals surface area (Å²) in [4.78, 5) is 12.3. The predicted molar refractivity (Wildman–Crippen MR) is 133 cm³/mol. The summed E-state index contributed by atoms with van der Waals surface area (Å²) < 4.78 is 11.4. The van der Waals surface area contributed by atoms with Gasteiger partial charge in [-0.3, -0.25) is 4.79 Å². The van der Waals surface area contributed by atoms with Crippen LogP contribution in [-0.2, 0) is 17.8 Å². The second kappa shape index (κ2) is 10.8. The van der Waals surface area contributed by atoms with Crippen molar-refractivity contribution in [2.24, 2.45) is 10.2 Å². The Labute approximate surface area is 197 Å². The van der Waals surface area contributed by atoms with Gasteiger partial charge in [0, 0.05) is 0 Å². The molecule has 168 valence electrons. The third-order valence-corrected chi connectivity index (χ3v) is 6.30. The number of aryl methyl sites for hydroxylation is 1.